The number of aromatic nitrogens is 1. The normalized spacial score (nSPS) is 12.4. The molecular weight excluding hydrogens is 303 g/mol. The number of hydrogen-bond donors (Lipinski definition) is 2. The van der Waals surface area contributed by atoms with Crippen molar-refractivity contribution >= 4 is 22.7 Å². The van der Waals surface area contributed by atoms with Crippen LogP contribution < -0.4 is 15.8 Å². The molecule has 1 unspecified atom stereocenters. The lowest BCUT2D eigenvalue weighted by Crippen LogP contribution is -2.12. The first kappa shape index (κ1) is 15.4. The number of nitrogens with two attached hydrogens (primary N) is 1. The lowest BCUT2D eigenvalue weighted by molar-refractivity contribution is -0.0521. The largest absolute Gasteiger partial charge is 0.432 e. The van der Waals surface area contributed by atoms with Crippen molar-refractivity contribution in [3.63, 3.8) is 0 Å². The number of nitrogen functional groups attached to an aromatic ring is 1. The van der Waals surface area contributed by atoms with Crippen LogP contribution in [0.5, 0.6) is 5.75 Å². The Morgan fingerprint density at radius 3 is 2.76 bits per heavy atom. The van der Waals surface area contributed by atoms with Crippen LogP contribution >= 0.6 is 11.3 Å². The molecule has 1 aromatic heterocycles. The van der Waals surface area contributed by atoms with Gasteiger partial charge in [-0.1, -0.05) is 6.92 Å². The van der Waals surface area contributed by atoms with Crippen molar-refractivity contribution in [3.05, 3.63) is 34.5 Å². The summed E-state index contributed by atoms with van der Waals surface area (Å²) in [5.74, 6) is -1.48. The molecule has 0 bridgehead atoms. The number of rotatable bonds is 6. The predicted octanol–water partition coefficient (Wildman–Crippen LogP) is 4.03. The van der Waals surface area contributed by atoms with Crippen LogP contribution in [0.3, 0.4) is 0 Å². The summed E-state index contributed by atoms with van der Waals surface area (Å²) >= 11 is 1.46. The summed E-state index contributed by atoms with van der Waals surface area (Å²) in [6.45, 7) is -1.16. The van der Waals surface area contributed by atoms with E-state index in [1.165, 1.54) is 11.3 Å². The Hall–Kier alpha value is -1.96. The molecule has 3 N–H and O–H groups in total. The van der Waals surface area contributed by atoms with Gasteiger partial charge in [0, 0.05) is 23.7 Å². The van der Waals surface area contributed by atoms with Crippen LogP contribution in [0.1, 0.15) is 24.4 Å². The van der Waals surface area contributed by atoms with Gasteiger partial charge in [0.2, 0.25) is 0 Å². The zero-order chi connectivity index (χ0) is 15.4. The van der Waals surface area contributed by atoms with Crippen LogP contribution in [-0.2, 0) is 0 Å². The molecule has 0 aliphatic heterocycles. The first-order chi connectivity index (χ1) is 10.0. The molecule has 0 spiro atoms. The van der Waals surface area contributed by atoms with Crippen molar-refractivity contribution in [2.45, 2.75) is 26.0 Å². The zero-order valence-electron chi connectivity index (χ0n) is 11.1. The highest BCUT2D eigenvalue weighted by Crippen LogP contribution is 2.33. The van der Waals surface area contributed by atoms with E-state index in [4.69, 9.17) is 5.73 Å². The number of alkyl halides is 2. The highest BCUT2D eigenvalue weighted by molar-refractivity contribution is 7.09. The molecule has 0 saturated carbocycles. The van der Waals surface area contributed by atoms with E-state index in [9.17, 15) is 13.2 Å². The SMILES string of the molecule is CCC(Nc1cc(OC(F)F)c(F)cc1N)c1nccs1. The molecule has 1 atom stereocenters. The molecule has 0 fully saturated rings. The van der Waals surface area contributed by atoms with E-state index >= 15 is 0 Å². The number of nitrogens with zero attached hydrogens (tertiary/aromatic N) is 1. The average molecular weight is 317 g/mol. The fourth-order valence-corrected chi connectivity index (χ4v) is 2.59. The van der Waals surface area contributed by atoms with E-state index in [0.717, 1.165) is 17.1 Å². The maximum absolute atomic E-state index is 13.5. The Kier molecular flexibility index (Phi) is 4.89. The molecule has 0 aliphatic rings. The van der Waals surface area contributed by atoms with Gasteiger partial charge < -0.3 is 15.8 Å². The Labute approximate surface area is 123 Å². The summed E-state index contributed by atoms with van der Waals surface area (Å²) in [7, 11) is 0. The first-order valence-electron chi connectivity index (χ1n) is 6.21. The van der Waals surface area contributed by atoms with Gasteiger partial charge in [-0.2, -0.15) is 8.78 Å². The first-order valence-corrected chi connectivity index (χ1v) is 7.09. The third-order valence-corrected chi connectivity index (χ3v) is 3.70. The molecule has 0 amide bonds. The molecule has 0 radical (unpaired) electrons. The van der Waals surface area contributed by atoms with Crippen molar-refractivity contribution in [1.29, 1.82) is 0 Å². The van der Waals surface area contributed by atoms with E-state index in [-0.39, 0.29) is 11.7 Å². The molecule has 1 heterocycles. The lowest BCUT2D eigenvalue weighted by Gasteiger charge is -2.18. The van der Waals surface area contributed by atoms with Crippen LogP contribution in [0, 0.1) is 5.82 Å². The second kappa shape index (κ2) is 6.66. The minimum Gasteiger partial charge on any atom is -0.432 e. The molecule has 2 aromatic rings. The zero-order valence-corrected chi connectivity index (χ0v) is 12.0. The van der Waals surface area contributed by atoms with E-state index in [0.29, 0.717) is 12.1 Å². The van der Waals surface area contributed by atoms with E-state index in [1.807, 2.05) is 12.3 Å². The Morgan fingerprint density at radius 1 is 1.43 bits per heavy atom. The average Bonchev–Trinajstić information content (AvgIpc) is 2.94. The summed E-state index contributed by atoms with van der Waals surface area (Å²) in [5, 5.41) is 5.74. The minimum atomic E-state index is -3.10. The van der Waals surface area contributed by atoms with Gasteiger partial charge in [-0.3, -0.25) is 0 Å². The third-order valence-electron chi connectivity index (χ3n) is 2.81. The maximum atomic E-state index is 13.5. The third kappa shape index (κ3) is 3.78. The number of thiazole rings is 1. The minimum absolute atomic E-state index is 0.115. The molecule has 2 rings (SSSR count). The molecule has 0 aliphatic carbocycles. The van der Waals surface area contributed by atoms with Gasteiger partial charge >= 0.3 is 6.61 Å². The van der Waals surface area contributed by atoms with E-state index < -0.39 is 18.2 Å². The second-order valence-electron chi connectivity index (χ2n) is 4.22. The number of anilines is 2. The van der Waals surface area contributed by atoms with Gasteiger partial charge in [-0.15, -0.1) is 11.3 Å². The van der Waals surface area contributed by atoms with E-state index in [2.05, 4.69) is 15.0 Å². The van der Waals surface area contributed by atoms with Gasteiger partial charge in [0.15, 0.2) is 11.6 Å². The van der Waals surface area contributed by atoms with Crippen molar-refractivity contribution in [2.24, 2.45) is 0 Å². The van der Waals surface area contributed by atoms with Crippen molar-refractivity contribution in [3.8, 4) is 5.75 Å². The fourth-order valence-electron chi connectivity index (χ4n) is 1.81. The summed E-state index contributed by atoms with van der Waals surface area (Å²) in [4.78, 5) is 4.19. The van der Waals surface area contributed by atoms with E-state index in [1.54, 1.807) is 6.20 Å². The van der Waals surface area contributed by atoms with Gasteiger partial charge in [0.1, 0.15) is 5.01 Å². The van der Waals surface area contributed by atoms with Crippen LogP contribution in [0.4, 0.5) is 24.5 Å². The molecule has 21 heavy (non-hydrogen) atoms. The van der Waals surface area contributed by atoms with Crippen LogP contribution in [-0.4, -0.2) is 11.6 Å². The number of ether oxygens (including phenoxy) is 1. The molecule has 114 valence electrons. The summed E-state index contributed by atoms with van der Waals surface area (Å²) in [6, 6.07) is 1.94. The lowest BCUT2D eigenvalue weighted by atomic mass is 10.2. The molecule has 8 heteroatoms. The second-order valence-corrected chi connectivity index (χ2v) is 5.15. The van der Waals surface area contributed by atoms with Gasteiger partial charge in [-0.25, -0.2) is 9.37 Å². The molecule has 0 saturated heterocycles. The van der Waals surface area contributed by atoms with Crippen molar-refractivity contribution in [1.82, 2.24) is 4.98 Å². The highest BCUT2D eigenvalue weighted by atomic mass is 32.1. The van der Waals surface area contributed by atoms with Crippen molar-refractivity contribution < 1.29 is 17.9 Å². The Bertz CT molecular complexity index is 593. The Morgan fingerprint density at radius 2 is 2.19 bits per heavy atom. The predicted molar refractivity (Wildman–Crippen MR) is 76.2 cm³/mol. The fraction of sp³-hybridized carbons (Fsp3) is 0.308. The summed E-state index contributed by atoms with van der Waals surface area (Å²) in [6.07, 6.45) is 2.37. The number of hydrogen-bond acceptors (Lipinski definition) is 5. The smallest absolute Gasteiger partial charge is 0.387 e. The van der Waals surface area contributed by atoms with Gasteiger partial charge in [0.25, 0.3) is 0 Å². The summed E-state index contributed by atoms with van der Waals surface area (Å²) < 4.78 is 42.1. The van der Waals surface area contributed by atoms with Gasteiger partial charge in [0.05, 0.1) is 17.4 Å². The standard InChI is InChI=1S/C13H14F3N3OS/c1-2-9(12-18-3-4-21-12)19-10-6-11(20-13(15)16)7(14)5-8(10)17/h3-6,9,13,19H,2,17H2,1H3. The molecule has 4 nitrogen and oxygen atoms in total. The maximum Gasteiger partial charge on any atom is 0.387 e. The van der Waals surface area contributed by atoms with Crippen molar-refractivity contribution in [2.75, 3.05) is 11.1 Å². The van der Waals surface area contributed by atoms with Crippen LogP contribution in [0.2, 0.25) is 0 Å². The number of halogens is 3. The quantitative estimate of drug-likeness (QED) is 0.790. The number of benzene rings is 1. The number of nitrogens with one attached hydrogen (secondary N) is 1. The molecular formula is C13H14F3N3OS. The highest BCUT2D eigenvalue weighted by Gasteiger charge is 2.17. The van der Waals surface area contributed by atoms with Gasteiger partial charge in [-0.05, 0) is 6.42 Å². The molecule has 1 aromatic carbocycles. The van der Waals surface area contributed by atoms with Crippen LogP contribution in [0.15, 0.2) is 23.7 Å². The summed E-state index contributed by atoms with van der Waals surface area (Å²) in [5.41, 5.74) is 6.16. The monoisotopic (exact) mass is 317 g/mol. The Balaban J connectivity index is 2.26. The topological polar surface area (TPSA) is 60.2 Å². The van der Waals surface area contributed by atoms with Crippen LogP contribution in [0.25, 0.3) is 0 Å².